The SMILES string of the molecule is CS(=O)(=O)c1ccc(Sc2ccccc2C#N)cc1. The zero-order chi connectivity index (χ0) is 13.9. The van der Waals surface area contributed by atoms with Crippen molar-refractivity contribution >= 4 is 21.6 Å². The average Bonchev–Trinajstić information content (AvgIpc) is 2.39. The van der Waals surface area contributed by atoms with E-state index in [-0.39, 0.29) is 0 Å². The quantitative estimate of drug-likeness (QED) is 0.871. The molecule has 0 saturated heterocycles. The van der Waals surface area contributed by atoms with Gasteiger partial charge in [-0.15, -0.1) is 0 Å². The van der Waals surface area contributed by atoms with Gasteiger partial charge in [-0.2, -0.15) is 5.26 Å². The first kappa shape index (κ1) is 13.7. The summed E-state index contributed by atoms with van der Waals surface area (Å²) in [6, 6.07) is 16.1. The van der Waals surface area contributed by atoms with E-state index in [0.717, 1.165) is 9.79 Å². The summed E-state index contributed by atoms with van der Waals surface area (Å²) in [5.74, 6) is 0. The number of rotatable bonds is 3. The fourth-order valence-electron chi connectivity index (χ4n) is 1.53. The minimum absolute atomic E-state index is 0.297. The molecule has 2 rings (SSSR count). The highest BCUT2D eigenvalue weighted by Crippen LogP contribution is 2.30. The van der Waals surface area contributed by atoms with E-state index in [1.165, 1.54) is 18.0 Å². The molecule has 2 aromatic carbocycles. The molecule has 0 aliphatic heterocycles. The van der Waals surface area contributed by atoms with Gasteiger partial charge >= 0.3 is 0 Å². The molecule has 0 unspecified atom stereocenters. The molecule has 0 atom stereocenters. The third-order valence-electron chi connectivity index (χ3n) is 2.49. The number of nitrogens with zero attached hydrogens (tertiary/aromatic N) is 1. The van der Waals surface area contributed by atoms with Gasteiger partial charge < -0.3 is 0 Å². The lowest BCUT2D eigenvalue weighted by molar-refractivity contribution is 0.602. The molecule has 0 aliphatic carbocycles. The van der Waals surface area contributed by atoms with Gasteiger partial charge in [0.2, 0.25) is 0 Å². The smallest absolute Gasteiger partial charge is 0.175 e. The molecule has 0 N–H and O–H groups in total. The van der Waals surface area contributed by atoms with Crippen LogP contribution in [0.4, 0.5) is 0 Å². The van der Waals surface area contributed by atoms with E-state index >= 15 is 0 Å². The summed E-state index contributed by atoms with van der Waals surface area (Å²) in [4.78, 5) is 2.05. The van der Waals surface area contributed by atoms with Crippen LogP contribution < -0.4 is 0 Å². The van der Waals surface area contributed by atoms with E-state index in [2.05, 4.69) is 6.07 Å². The van der Waals surface area contributed by atoms with Gasteiger partial charge in [-0.25, -0.2) is 8.42 Å². The molecule has 5 heteroatoms. The van der Waals surface area contributed by atoms with Gasteiger partial charge in [-0.05, 0) is 36.4 Å². The Labute approximate surface area is 116 Å². The molecule has 0 saturated carbocycles. The number of benzene rings is 2. The van der Waals surface area contributed by atoms with Crippen molar-refractivity contribution in [3.8, 4) is 6.07 Å². The van der Waals surface area contributed by atoms with Crippen LogP contribution in [-0.2, 0) is 9.84 Å². The van der Waals surface area contributed by atoms with Crippen molar-refractivity contribution in [1.29, 1.82) is 5.26 Å². The van der Waals surface area contributed by atoms with Crippen LogP contribution in [0.3, 0.4) is 0 Å². The van der Waals surface area contributed by atoms with Crippen LogP contribution in [0.5, 0.6) is 0 Å². The van der Waals surface area contributed by atoms with E-state index in [4.69, 9.17) is 5.26 Å². The maximum absolute atomic E-state index is 11.4. The Morgan fingerprint density at radius 1 is 1.05 bits per heavy atom. The Morgan fingerprint density at radius 2 is 1.68 bits per heavy atom. The highest BCUT2D eigenvalue weighted by molar-refractivity contribution is 7.99. The normalized spacial score (nSPS) is 10.9. The largest absolute Gasteiger partial charge is 0.224 e. The van der Waals surface area contributed by atoms with Gasteiger partial charge in [-0.3, -0.25) is 0 Å². The molecule has 19 heavy (non-hydrogen) atoms. The molecule has 0 amide bonds. The molecule has 3 nitrogen and oxygen atoms in total. The predicted octanol–water partition coefficient (Wildman–Crippen LogP) is 3.11. The van der Waals surface area contributed by atoms with Crippen LogP contribution in [-0.4, -0.2) is 14.7 Å². The minimum Gasteiger partial charge on any atom is -0.224 e. The summed E-state index contributed by atoms with van der Waals surface area (Å²) in [6.07, 6.45) is 1.18. The Hall–Kier alpha value is -1.77. The van der Waals surface area contributed by atoms with Crippen molar-refractivity contribution < 1.29 is 8.42 Å². The molecule has 0 aliphatic rings. The summed E-state index contributed by atoms with van der Waals surface area (Å²) >= 11 is 1.44. The van der Waals surface area contributed by atoms with Crippen LogP contribution in [0.1, 0.15) is 5.56 Å². The van der Waals surface area contributed by atoms with Crippen LogP contribution >= 0.6 is 11.8 Å². The lowest BCUT2D eigenvalue weighted by atomic mass is 10.2. The number of sulfone groups is 1. The van der Waals surface area contributed by atoms with E-state index in [0.29, 0.717) is 10.5 Å². The molecule has 0 bridgehead atoms. The van der Waals surface area contributed by atoms with Crippen molar-refractivity contribution in [2.45, 2.75) is 14.7 Å². The van der Waals surface area contributed by atoms with Crippen molar-refractivity contribution in [2.75, 3.05) is 6.26 Å². The first-order valence-electron chi connectivity index (χ1n) is 5.48. The van der Waals surface area contributed by atoms with Crippen LogP contribution in [0.25, 0.3) is 0 Å². The standard InChI is InChI=1S/C14H11NO2S2/c1-19(16,17)13-8-6-12(7-9-13)18-14-5-3-2-4-11(14)10-15/h2-9H,1H3. The summed E-state index contributed by atoms with van der Waals surface area (Å²) in [5.41, 5.74) is 0.611. The van der Waals surface area contributed by atoms with E-state index in [9.17, 15) is 8.42 Å². The number of hydrogen-bond donors (Lipinski definition) is 0. The van der Waals surface area contributed by atoms with Crippen LogP contribution in [0.2, 0.25) is 0 Å². The Bertz CT molecular complexity index is 729. The van der Waals surface area contributed by atoms with Gasteiger partial charge in [0.05, 0.1) is 10.5 Å². The first-order chi connectivity index (χ1) is 9.00. The summed E-state index contributed by atoms with van der Waals surface area (Å²) < 4.78 is 22.7. The first-order valence-corrected chi connectivity index (χ1v) is 8.18. The molecule has 96 valence electrons. The van der Waals surface area contributed by atoms with Gasteiger partial charge in [0.15, 0.2) is 9.84 Å². The van der Waals surface area contributed by atoms with E-state index < -0.39 is 9.84 Å². The fraction of sp³-hybridized carbons (Fsp3) is 0.0714. The van der Waals surface area contributed by atoms with Crippen molar-refractivity contribution in [3.63, 3.8) is 0 Å². The Kier molecular flexibility index (Phi) is 3.93. The zero-order valence-electron chi connectivity index (χ0n) is 10.2. The number of nitriles is 1. The average molecular weight is 289 g/mol. The number of hydrogen-bond acceptors (Lipinski definition) is 4. The maximum atomic E-state index is 11.4. The molecule has 0 radical (unpaired) electrons. The van der Waals surface area contributed by atoms with Gasteiger partial charge in [0, 0.05) is 16.0 Å². The van der Waals surface area contributed by atoms with E-state index in [1.807, 2.05) is 18.2 Å². The molecule has 0 aromatic heterocycles. The summed E-state index contributed by atoms with van der Waals surface area (Å²) in [7, 11) is -3.17. The maximum Gasteiger partial charge on any atom is 0.175 e. The fourth-order valence-corrected chi connectivity index (χ4v) is 3.06. The van der Waals surface area contributed by atoms with Gasteiger partial charge in [0.1, 0.15) is 6.07 Å². The van der Waals surface area contributed by atoms with Crippen LogP contribution in [0, 0.1) is 11.3 Å². The zero-order valence-corrected chi connectivity index (χ0v) is 11.8. The second-order valence-corrected chi connectivity index (χ2v) is 7.08. The predicted molar refractivity (Wildman–Crippen MR) is 74.8 cm³/mol. The molecule has 0 fully saturated rings. The second-order valence-electron chi connectivity index (χ2n) is 3.95. The topological polar surface area (TPSA) is 57.9 Å². The molecular weight excluding hydrogens is 278 g/mol. The van der Waals surface area contributed by atoms with Crippen molar-refractivity contribution in [2.24, 2.45) is 0 Å². The molecule has 0 heterocycles. The lowest BCUT2D eigenvalue weighted by Gasteiger charge is -2.04. The van der Waals surface area contributed by atoms with Gasteiger partial charge in [0.25, 0.3) is 0 Å². The summed E-state index contributed by atoms with van der Waals surface area (Å²) in [6.45, 7) is 0. The third-order valence-corrected chi connectivity index (χ3v) is 4.70. The second kappa shape index (κ2) is 5.47. The molecule has 2 aromatic rings. The molecule has 0 spiro atoms. The van der Waals surface area contributed by atoms with Gasteiger partial charge in [-0.1, -0.05) is 23.9 Å². The van der Waals surface area contributed by atoms with Crippen LogP contribution in [0.15, 0.2) is 63.2 Å². The van der Waals surface area contributed by atoms with Crippen molar-refractivity contribution in [3.05, 3.63) is 54.1 Å². The highest BCUT2D eigenvalue weighted by atomic mass is 32.2. The lowest BCUT2D eigenvalue weighted by Crippen LogP contribution is -1.95. The highest BCUT2D eigenvalue weighted by Gasteiger charge is 2.07. The monoisotopic (exact) mass is 289 g/mol. The van der Waals surface area contributed by atoms with Crippen molar-refractivity contribution in [1.82, 2.24) is 0 Å². The van der Waals surface area contributed by atoms with E-state index in [1.54, 1.807) is 30.3 Å². The minimum atomic E-state index is -3.17. The summed E-state index contributed by atoms with van der Waals surface area (Å²) in [5, 5.41) is 9.00. The Balaban J connectivity index is 2.28. The third kappa shape index (κ3) is 3.37. The Morgan fingerprint density at radius 3 is 2.26 bits per heavy atom. The molecular formula is C14H11NO2S2.